The van der Waals surface area contributed by atoms with Gasteiger partial charge in [0.1, 0.15) is 0 Å². The van der Waals surface area contributed by atoms with Crippen molar-refractivity contribution in [3.8, 4) is 5.69 Å². The van der Waals surface area contributed by atoms with Gasteiger partial charge in [-0.3, -0.25) is 9.59 Å². The number of anilines is 1. The van der Waals surface area contributed by atoms with E-state index in [-0.39, 0.29) is 23.3 Å². The van der Waals surface area contributed by atoms with Crippen molar-refractivity contribution < 1.29 is 9.59 Å². The molecule has 0 saturated heterocycles. The van der Waals surface area contributed by atoms with Crippen molar-refractivity contribution in [3.63, 3.8) is 0 Å². The van der Waals surface area contributed by atoms with Crippen LogP contribution in [0.2, 0.25) is 10.0 Å². The molecule has 168 valence electrons. The van der Waals surface area contributed by atoms with Crippen molar-refractivity contribution in [1.29, 1.82) is 0 Å². The molecule has 32 heavy (non-hydrogen) atoms. The van der Waals surface area contributed by atoms with Crippen LogP contribution in [0, 0.1) is 20.8 Å². The average molecular weight is 473 g/mol. The maximum absolute atomic E-state index is 12.7. The zero-order valence-corrected chi connectivity index (χ0v) is 20.1. The second kappa shape index (κ2) is 10.2. The molecule has 0 aliphatic rings. The highest BCUT2D eigenvalue weighted by Crippen LogP contribution is 2.24. The fourth-order valence-electron chi connectivity index (χ4n) is 3.37. The van der Waals surface area contributed by atoms with Gasteiger partial charge >= 0.3 is 0 Å². The topological polar surface area (TPSA) is 76.0 Å². The standard InChI is InChI=1S/C24H26Cl2N4O2/c1-5-10-27-24(32)19-9-7-17(11-22(19)26)28-23(31)13-20-15(3)29-30(16(20)4)18-8-6-14(2)21(25)12-18/h6-9,11-12H,5,10,13H2,1-4H3,(H,27,32)(H,28,31). The molecule has 8 heteroatoms. The lowest BCUT2D eigenvalue weighted by Gasteiger charge is -2.10. The van der Waals surface area contributed by atoms with E-state index in [4.69, 9.17) is 23.2 Å². The lowest BCUT2D eigenvalue weighted by Crippen LogP contribution is -2.24. The van der Waals surface area contributed by atoms with Crippen molar-refractivity contribution in [2.24, 2.45) is 0 Å². The first kappa shape index (κ1) is 23.8. The quantitative estimate of drug-likeness (QED) is 0.481. The fraction of sp³-hybridized carbons (Fsp3) is 0.292. The van der Waals surface area contributed by atoms with Crippen LogP contribution in [0.3, 0.4) is 0 Å². The molecule has 0 bridgehead atoms. The lowest BCUT2D eigenvalue weighted by molar-refractivity contribution is -0.115. The molecule has 2 amide bonds. The van der Waals surface area contributed by atoms with Gasteiger partial charge in [0.2, 0.25) is 5.91 Å². The first-order valence-corrected chi connectivity index (χ1v) is 11.2. The molecule has 0 aliphatic heterocycles. The largest absolute Gasteiger partial charge is 0.352 e. The van der Waals surface area contributed by atoms with Crippen LogP contribution in [-0.4, -0.2) is 28.1 Å². The number of nitrogens with one attached hydrogen (secondary N) is 2. The highest BCUT2D eigenvalue weighted by atomic mass is 35.5. The van der Waals surface area contributed by atoms with Gasteiger partial charge < -0.3 is 10.6 Å². The summed E-state index contributed by atoms with van der Waals surface area (Å²) < 4.78 is 1.80. The first-order chi connectivity index (χ1) is 15.2. The van der Waals surface area contributed by atoms with Crippen molar-refractivity contribution in [2.45, 2.75) is 40.5 Å². The molecule has 2 N–H and O–H groups in total. The van der Waals surface area contributed by atoms with Gasteiger partial charge in [-0.2, -0.15) is 5.10 Å². The number of benzene rings is 2. The molecule has 0 spiro atoms. The minimum absolute atomic E-state index is 0.160. The molecule has 1 aromatic heterocycles. The van der Waals surface area contributed by atoms with E-state index < -0.39 is 0 Å². The number of carbonyl (C=O) groups is 2. The number of aryl methyl sites for hydroxylation is 2. The van der Waals surface area contributed by atoms with E-state index in [9.17, 15) is 9.59 Å². The van der Waals surface area contributed by atoms with E-state index >= 15 is 0 Å². The average Bonchev–Trinajstić information content (AvgIpc) is 3.02. The van der Waals surface area contributed by atoms with Crippen LogP contribution < -0.4 is 10.6 Å². The second-order valence-electron chi connectivity index (χ2n) is 7.67. The molecule has 3 rings (SSSR count). The third kappa shape index (κ3) is 5.31. The second-order valence-corrected chi connectivity index (χ2v) is 8.48. The first-order valence-electron chi connectivity index (χ1n) is 10.4. The molecule has 2 aromatic carbocycles. The van der Waals surface area contributed by atoms with Gasteiger partial charge in [-0.25, -0.2) is 4.68 Å². The molecule has 0 saturated carbocycles. The number of amides is 2. The summed E-state index contributed by atoms with van der Waals surface area (Å²) >= 11 is 12.5. The van der Waals surface area contributed by atoms with Gasteiger partial charge in [-0.05, 0) is 63.1 Å². The maximum Gasteiger partial charge on any atom is 0.252 e. The van der Waals surface area contributed by atoms with Crippen molar-refractivity contribution >= 4 is 40.7 Å². The third-order valence-electron chi connectivity index (χ3n) is 5.21. The van der Waals surface area contributed by atoms with Crippen LogP contribution >= 0.6 is 23.2 Å². The van der Waals surface area contributed by atoms with Crippen molar-refractivity contribution in [3.05, 3.63) is 74.5 Å². The summed E-state index contributed by atoms with van der Waals surface area (Å²) in [6.45, 7) is 8.30. The molecule has 0 atom stereocenters. The van der Waals surface area contributed by atoms with E-state index in [2.05, 4.69) is 15.7 Å². The summed E-state index contributed by atoms with van der Waals surface area (Å²) in [6.07, 6.45) is 0.998. The predicted molar refractivity (Wildman–Crippen MR) is 129 cm³/mol. The number of rotatable bonds is 7. The van der Waals surface area contributed by atoms with Crippen LogP contribution in [-0.2, 0) is 11.2 Å². The Morgan fingerprint density at radius 3 is 2.44 bits per heavy atom. The molecular weight excluding hydrogens is 447 g/mol. The third-order valence-corrected chi connectivity index (χ3v) is 5.93. The zero-order chi connectivity index (χ0) is 23.4. The highest BCUT2D eigenvalue weighted by Gasteiger charge is 2.17. The minimum Gasteiger partial charge on any atom is -0.352 e. The number of hydrogen-bond donors (Lipinski definition) is 2. The summed E-state index contributed by atoms with van der Waals surface area (Å²) in [5.74, 6) is -0.429. The Hall–Kier alpha value is -2.83. The van der Waals surface area contributed by atoms with E-state index in [0.29, 0.717) is 22.8 Å². The lowest BCUT2D eigenvalue weighted by atomic mass is 10.1. The number of hydrogen-bond acceptors (Lipinski definition) is 3. The maximum atomic E-state index is 12.7. The smallest absolute Gasteiger partial charge is 0.252 e. The molecule has 6 nitrogen and oxygen atoms in total. The minimum atomic E-state index is -0.232. The van der Waals surface area contributed by atoms with Gasteiger partial charge in [0.15, 0.2) is 0 Å². The van der Waals surface area contributed by atoms with Gasteiger partial charge in [0, 0.05) is 28.5 Å². The zero-order valence-electron chi connectivity index (χ0n) is 18.6. The Labute approximate surface area is 197 Å². The van der Waals surface area contributed by atoms with Gasteiger partial charge in [0.05, 0.1) is 28.4 Å². The predicted octanol–water partition coefficient (Wildman–Crippen LogP) is 5.43. The molecule has 3 aromatic rings. The Bertz CT molecular complexity index is 1170. The molecular formula is C24H26Cl2N4O2. The van der Waals surface area contributed by atoms with E-state index in [1.54, 1.807) is 22.9 Å². The van der Waals surface area contributed by atoms with Crippen LogP contribution in [0.25, 0.3) is 5.69 Å². The van der Waals surface area contributed by atoms with Crippen LogP contribution in [0.4, 0.5) is 5.69 Å². The Kier molecular flexibility index (Phi) is 7.59. The Balaban J connectivity index is 1.74. The summed E-state index contributed by atoms with van der Waals surface area (Å²) in [6, 6.07) is 10.6. The SMILES string of the molecule is CCCNC(=O)c1ccc(NC(=O)Cc2c(C)nn(-c3ccc(C)c(Cl)c3)c2C)cc1Cl. The van der Waals surface area contributed by atoms with Gasteiger partial charge in [-0.15, -0.1) is 0 Å². The molecule has 0 unspecified atom stereocenters. The molecule has 0 fully saturated rings. The molecule has 0 radical (unpaired) electrons. The number of nitrogens with zero attached hydrogens (tertiary/aromatic N) is 2. The van der Waals surface area contributed by atoms with Crippen LogP contribution in [0.1, 0.15) is 46.2 Å². The highest BCUT2D eigenvalue weighted by molar-refractivity contribution is 6.34. The Morgan fingerprint density at radius 2 is 1.78 bits per heavy atom. The fourth-order valence-corrected chi connectivity index (χ4v) is 3.81. The van der Waals surface area contributed by atoms with Crippen molar-refractivity contribution in [2.75, 3.05) is 11.9 Å². The monoisotopic (exact) mass is 472 g/mol. The Morgan fingerprint density at radius 1 is 1.03 bits per heavy atom. The van der Waals surface area contributed by atoms with E-state index in [1.165, 1.54) is 0 Å². The summed E-state index contributed by atoms with van der Waals surface area (Å²) in [4.78, 5) is 24.8. The number of halogens is 2. The van der Waals surface area contributed by atoms with Gasteiger partial charge in [-0.1, -0.05) is 36.2 Å². The molecule has 0 aliphatic carbocycles. The van der Waals surface area contributed by atoms with Crippen LogP contribution in [0.5, 0.6) is 0 Å². The van der Waals surface area contributed by atoms with Crippen LogP contribution in [0.15, 0.2) is 36.4 Å². The van der Waals surface area contributed by atoms with Gasteiger partial charge in [0.25, 0.3) is 5.91 Å². The molecule has 1 heterocycles. The normalized spacial score (nSPS) is 10.8. The van der Waals surface area contributed by atoms with Crippen molar-refractivity contribution in [1.82, 2.24) is 15.1 Å². The summed E-state index contributed by atoms with van der Waals surface area (Å²) in [5.41, 5.74) is 5.23. The van der Waals surface area contributed by atoms with E-state index in [0.717, 1.165) is 34.6 Å². The summed E-state index contributed by atoms with van der Waals surface area (Å²) in [5, 5.41) is 11.2. The number of carbonyl (C=O) groups excluding carboxylic acids is 2. The summed E-state index contributed by atoms with van der Waals surface area (Å²) in [7, 11) is 0. The number of aromatic nitrogens is 2. The van der Waals surface area contributed by atoms with E-state index in [1.807, 2.05) is 45.9 Å².